The summed E-state index contributed by atoms with van der Waals surface area (Å²) in [5.74, 6) is 2.36. The molecule has 5 aliphatic rings. The second-order valence-corrected chi connectivity index (χ2v) is 10.0. The lowest BCUT2D eigenvalue weighted by atomic mass is 9.53. The normalized spacial score (nSPS) is 48.4. The van der Waals surface area contributed by atoms with Gasteiger partial charge in [0.05, 0.1) is 17.4 Å². The molecule has 0 radical (unpaired) electrons. The SMILES string of the molecule is O=C(NC12CC3CC(CC(C3)C1)C2)[C@H]1CCS(=O)(=O)C1. The van der Waals surface area contributed by atoms with Crippen molar-refractivity contribution in [3.63, 3.8) is 0 Å². The number of carbonyl (C=O) groups is 1. The summed E-state index contributed by atoms with van der Waals surface area (Å²) in [4.78, 5) is 12.4. The molecule has 5 rings (SSSR count). The molecule has 20 heavy (non-hydrogen) atoms. The lowest BCUT2D eigenvalue weighted by Crippen LogP contribution is -2.60. The molecular weight excluding hydrogens is 274 g/mol. The van der Waals surface area contributed by atoms with E-state index in [1.165, 1.54) is 19.3 Å². The summed E-state index contributed by atoms with van der Waals surface area (Å²) in [6.45, 7) is 0. The molecule has 4 saturated carbocycles. The summed E-state index contributed by atoms with van der Waals surface area (Å²) in [5, 5.41) is 3.30. The molecule has 1 amide bonds. The van der Waals surface area contributed by atoms with Crippen LogP contribution in [0.5, 0.6) is 0 Å². The molecule has 5 heteroatoms. The monoisotopic (exact) mass is 297 g/mol. The van der Waals surface area contributed by atoms with Gasteiger partial charge in [0.25, 0.3) is 0 Å². The lowest BCUT2D eigenvalue weighted by molar-refractivity contribution is -0.130. The van der Waals surface area contributed by atoms with Gasteiger partial charge in [-0.15, -0.1) is 0 Å². The van der Waals surface area contributed by atoms with Crippen molar-refractivity contribution in [2.75, 3.05) is 11.5 Å². The van der Waals surface area contributed by atoms with E-state index in [0.717, 1.165) is 37.0 Å². The Hall–Kier alpha value is -0.580. The van der Waals surface area contributed by atoms with E-state index in [1.54, 1.807) is 0 Å². The third-order valence-electron chi connectivity index (χ3n) is 6.03. The van der Waals surface area contributed by atoms with Crippen molar-refractivity contribution in [1.82, 2.24) is 5.32 Å². The molecule has 0 aromatic carbocycles. The molecule has 5 fully saturated rings. The minimum Gasteiger partial charge on any atom is -0.350 e. The van der Waals surface area contributed by atoms with Crippen molar-refractivity contribution >= 4 is 15.7 Å². The maximum Gasteiger partial charge on any atom is 0.224 e. The first-order chi connectivity index (χ1) is 9.43. The molecule has 0 unspecified atom stereocenters. The molecule has 0 aromatic heterocycles. The van der Waals surface area contributed by atoms with Crippen molar-refractivity contribution in [3.05, 3.63) is 0 Å². The molecule has 1 N–H and O–H groups in total. The van der Waals surface area contributed by atoms with Crippen molar-refractivity contribution in [1.29, 1.82) is 0 Å². The molecular formula is C15H23NO3S. The Morgan fingerprint density at radius 2 is 1.55 bits per heavy atom. The highest BCUT2D eigenvalue weighted by Crippen LogP contribution is 2.55. The average Bonchev–Trinajstić information content (AvgIpc) is 2.67. The van der Waals surface area contributed by atoms with Crippen LogP contribution < -0.4 is 5.32 Å². The second kappa shape index (κ2) is 4.21. The van der Waals surface area contributed by atoms with Gasteiger partial charge in [0, 0.05) is 5.54 Å². The van der Waals surface area contributed by atoms with Crippen LogP contribution in [0, 0.1) is 23.7 Å². The van der Waals surface area contributed by atoms with Gasteiger partial charge in [-0.1, -0.05) is 0 Å². The highest BCUT2D eigenvalue weighted by molar-refractivity contribution is 7.91. The van der Waals surface area contributed by atoms with E-state index < -0.39 is 9.84 Å². The number of hydrogen-bond acceptors (Lipinski definition) is 3. The predicted molar refractivity (Wildman–Crippen MR) is 75.8 cm³/mol. The van der Waals surface area contributed by atoms with Crippen molar-refractivity contribution in [2.24, 2.45) is 23.7 Å². The average molecular weight is 297 g/mol. The summed E-state index contributed by atoms with van der Waals surface area (Å²) in [5.41, 5.74) is 0.0121. The van der Waals surface area contributed by atoms with E-state index in [-0.39, 0.29) is 28.9 Å². The van der Waals surface area contributed by atoms with Gasteiger partial charge in [-0.05, 0) is 62.7 Å². The zero-order chi connectivity index (χ0) is 14.0. The Morgan fingerprint density at radius 1 is 1.00 bits per heavy atom. The maximum atomic E-state index is 12.4. The quantitative estimate of drug-likeness (QED) is 0.840. The van der Waals surface area contributed by atoms with Crippen LogP contribution in [0.2, 0.25) is 0 Å². The topological polar surface area (TPSA) is 63.2 Å². The van der Waals surface area contributed by atoms with Gasteiger partial charge in [0.15, 0.2) is 9.84 Å². The highest BCUT2D eigenvalue weighted by Gasteiger charge is 2.52. The van der Waals surface area contributed by atoms with Gasteiger partial charge in [0.2, 0.25) is 5.91 Å². The van der Waals surface area contributed by atoms with E-state index >= 15 is 0 Å². The van der Waals surface area contributed by atoms with Crippen LogP contribution in [0.1, 0.15) is 44.9 Å². The fourth-order valence-electron chi connectivity index (χ4n) is 5.63. The standard InChI is InChI=1S/C15H23NO3S/c17-14(13-1-2-20(18,19)9-13)16-15-6-10-3-11(7-15)5-12(4-10)8-15/h10-13H,1-9H2,(H,16,17)/t10?,11?,12?,13-,15?/m0/s1. The van der Waals surface area contributed by atoms with E-state index in [2.05, 4.69) is 5.32 Å². The lowest BCUT2D eigenvalue weighted by Gasteiger charge is -2.57. The van der Waals surface area contributed by atoms with Gasteiger partial charge in [-0.3, -0.25) is 4.79 Å². The van der Waals surface area contributed by atoms with Crippen LogP contribution in [0.25, 0.3) is 0 Å². The van der Waals surface area contributed by atoms with Crippen molar-refractivity contribution in [3.8, 4) is 0 Å². The molecule has 1 aliphatic heterocycles. The van der Waals surface area contributed by atoms with Gasteiger partial charge >= 0.3 is 0 Å². The Bertz CT molecular complexity index is 504. The minimum absolute atomic E-state index is 0.00743. The number of sulfone groups is 1. The Morgan fingerprint density at radius 3 is 2.00 bits per heavy atom. The molecule has 1 saturated heterocycles. The van der Waals surface area contributed by atoms with Crippen molar-refractivity contribution in [2.45, 2.75) is 50.5 Å². The highest BCUT2D eigenvalue weighted by atomic mass is 32.2. The summed E-state index contributed by atoms with van der Waals surface area (Å²) < 4.78 is 23.1. The minimum atomic E-state index is -2.97. The van der Waals surface area contributed by atoms with Crippen LogP contribution in [0.3, 0.4) is 0 Å². The van der Waals surface area contributed by atoms with Gasteiger partial charge in [0.1, 0.15) is 0 Å². The van der Waals surface area contributed by atoms with Crippen LogP contribution >= 0.6 is 0 Å². The fourth-order valence-corrected chi connectivity index (χ4v) is 7.37. The summed E-state index contributed by atoms with van der Waals surface area (Å²) in [6.07, 6.45) is 7.96. The zero-order valence-corrected chi connectivity index (χ0v) is 12.6. The van der Waals surface area contributed by atoms with Crippen LogP contribution in [0.4, 0.5) is 0 Å². The van der Waals surface area contributed by atoms with Crippen molar-refractivity contribution < 1.29 is 13.2 Å². The molecule has 4 aliphatic carbocycles. The first kappa shape index (κ1) is 13.1. The molecule has 1 heterocycles. The van der Waals surface area contributed by atoms with Gasteiger partial charge in [-0.2, -0.15) is 0 Å². The third-order valence-corrected chi connectivity index (χ3v) is 7.80. The van der Waals surface area contributed by atoms with Crippen LogP contribution in [-0.4, -0.2) is 31.4 Å². The first-order valence-electron chi connectivity index (χ1n) is 7.95. The summed E-state index contributed by atoms with van der Waals surface area (Å²) in [6, 6.07) is 0. The Balaban J connectivity index is 1.48. The number of carbonyl (C=O) groups excluding carboxylic acids is 1. The fraction of sp³-hybridized carbons (Fsp3) is 0.933. The second-order valence-electron chi connectivity index (χ2n) is 7.79. The largest absolute Gasteiger partial charge is 0.350 e. The van der Waals surface area contributed by atoms with E-state index in [4.69, 9.17) is 0 Å². The molecule has 1 atom stereocenters. The molecule has 4 nitrogen and oxygen atoms in total. The zero-order valence-electron chi connectivity index (χ0n) is 11.8. The number of nitrogens with one attached hydrogen (secondary N) is 1. The predicted octanol–water partition coefficient (Wildman–Crippen LogP) is 1.51. The van der Waals surface area contributed by atoms with E-state index in [1.807, 2.05) is 0 Å². The van der Waals surface area contributed by atoms with Gasteiger partial charge < -0.3 is 5.32 Å². The van der Waals surface area contributed by atoms with Gasteiger partial charge in [-0.25, -0.2) is 8.42 Å². The van der Waals surface area contributed by atoms with E-state index in [0.29, 0.717) is 6.42 Å². The molecule has 0 spiro atoms. The number of hydrogen-bond donors (Lipinski definition) is 1. The first-order valence-corrected chi connectivity index (χ1v) is 9.78. The summed E-state index contributed by atoms with van der Waals surface area (Å²) in [7, 11) is -2.97. The molecule has 0 aromatic rings. The third kappa shape index (κ3) is 2.18. The van der Waals surface area contributed by atoms with Crippen LogP contribution in [-0.2, 0) is 14.6 Å². The number of amides is 1. The maximum absolute atomic E-state index is 12.4. The number of rotatable bonds is 2. The summed E-state index contributed by atoms with van der Waals surface area (Å²) >= 11 is 0. The Labute approximate surface area is 120 Å². The smallest absolute Gasteiger partial charge is 0.224 e. The van der Waals surface area contributed by atoms with Crippen LogP contribution in [0.15, 0.2) is 0 Å². The Kier molecular flexibility index (Phi) is 2.76. The molecule has 4 bridgehead atoms. The van der Waals surface area contributed by atoms with E-state index in [9.17, 15) is 13.2 Å². The molecule has 112 valence electrons.